The number of hydrogen-bond acceptors (Lipinski definition) is 3. The predicted octanol–water partition coefficient (Wildman–Crippen LogP) is 4.34. The Morgan fingerprint density at radius 3 is 2.64 bits per heavy atom. The maximum Gasteiger partial charge on any atom is 0.433 e. The lowest BCUT2D eigenvalue weighted by Gasteiger charge is -2.22. The van der Waals surface area contributed by atoms with E-state index in [9.17, 15) is 22.4 Å². The molecule has 148 valence electrons. The molecular formula is C20H19F4N3O. The number of fused-ring (bicyclic) bond motifs is 1. The highest BCUT2D eigenvalue weighted by Gasteiger charge is 2.46. The van der Waals surface area contributed by atoms with Crippen LogP contribution in [0.4, 0.5) is 29.1 Å². The van der Waals surface area contributed by atoms with Gasteiger partial charge >= 0.3 is 6.18 Å². The number of hydrogen-bond donors (Lipinski definition) is 1. The Morgan fingerprint density at radius 2 is 1.89 bits per heavy atom. The van der Waals surface area contributed by atoms with E-state index in [0.29, 0.717) is 18.8 Å². The Kier molecular flexibility index (Phi) is 4.72. The summed E-state index contributed by atoms with van der Waals surface area (Å²) < 4.78 is 52.1. The molecule has 1 N–H and O–H groups in total. The zero-order chi connectivity index (χ0) is 19.9. The first-order valence-corrected chi connectivity index (χ1v) is 9.17. The fraction of sp³-hybridized carbons (Fsp3) is 0.400. The summed E-state index contributed by atoms with van der Waals surface area (Å²) in [6, 6.07) is 9.59. The van der Waals surface area contributed by atoms with Crippen LogP contribution < -0.4 is 10.2 Å². The highest BCUT2D eigenvalue weighted by molar-refractivity contribution is 5.93. The van der Waals surface area contributed by atoms with Crippen molar-refractivity contribution in [1.29, 1.82) is 0 Å². The van der Waals surface area contributed by atoms with E-state index in [0.717, 1.165) is 18.9 Å². The number of aromatic nitrogens is 1. The highest BCUT2D eigenvalue weighted by atomic mass is 19.4. The van der Waals surface area contributed by atoms with Gasteiger partial charge < -0.3 is 10.2 Å². The molecule has 2 aliphatic rings. The Bertz CT molecular complexity index is 886. The Hall–Kier alpha value is -2.64. The zero-order valence-electron chi connectivity index (χ0n) is 14.9. The molecular weight excluding hydrogens is 374 g/mol. The highest BCUT2D eigenvalue weighted by Crippen LogP contribution is 2.44. The second kappa shape index (κ2) is 7.07. The lowest BCUT2D eigenvalue weighted by Crippen LogP contribution is -2.30. The molecule has 4 rings (SSSR count). The van der Waals surface area contributed by atoms with Crippen LogP contribution in [-0.4, -0.2) is 24.0 Å². The van der Waals surface area contributed by atoms with Gasteiger partial charge in [-0.15, -0.1) is 0 Å². The van der Waals surface area contributed by atoms with Gasteiger partial charge in [-0.1, -0.05) is 12.1 Å². The number of rotatable bonds is 3. The average molecular weight is 393 g/mol. The molecule has 28 heavy (non-hydrogen) atoms. The van der Waals surface area contributed by atoms with E-state index < -0.39 is 17.7 Å². The molecule has 2 aromatic rings. The van der Waals surface area contributed by atoms with Gasteiger partial charge in [0.1, 0.15) is 17.3 Å². The fourth-order valence-electron chi connectivity index (χ4n) is 4.34. The van der Waals surface area contributed by atoms with E-state index in [-0.39, 0.29) is 29.5 Å². The van der Waals surface area contributed by atoms with Crippen LogP contribution in [0.15, 0.2) is 42.5 Å². The van der Waals surface area contributed by atoms with Crippen molar-refractivity contribution in [2.75, 3.05) is 23.3 Å². The molecule has 2 unspecified atom stereocenters. The minimum Gasteiger partial charge on any atom is -0.356 e. The van der Waals surface area contributed by atoms with Gasteiger partial charge in [-0.05, 0) is 55.0 Å². The predicted molar refractivity (Wildman–Crippen MR) is 96.2 cm³/mol. The van der Waals surface area contributed by atoms with Crippen LogP contribution in [0.1, 0.15) is 18.5 Å². The van der Waals surface area contributed by atoms with Crippen LogP contribution in [0.2, 0.25) is 0 Å². The van der Waals surface area contributed by atoms with Crippen LogP contribution in [-0.2, 0) is 11.0 Å². The number of alkyl halides is 3. The third kappa shape index (κ3) is 3.68. The summed E-state index contributed by atoms with van der Waals surface area (Å²) in [6.45, 7) is 1.07. The van der Waals surface area contributed by atoms with Crippen molar-refractivity contribution in [3.63, 3.8) is 0 Å². The van der Waals surface area contributed by atoms with Crippen molar-refractivity contribution >= 4 is 17.4 Å². The van der Waals surface area contributed by atoms with Gasteiger partial charge in [0.15, 0.2) is 0 Å². The molecule has 2 fully saturated rings. The maximum absolute atomic E-state index is 13.3. The standard InChI is InChI=1S/C20H19F4N3O/c21-13-3-1-4-14(9-13)25-19(28)15-8-7-12-10-27(11-16(12)15)18-6-2-5-17(26-18)20(22,23)24/h1-6,9,12,15-16H,7-8,10-11H2,(H,25,28)/t12?,15?,16-/m0/s1. The second-order valence-electron chi connectivity index (χ2n) is 7.39. The lowest BCUT2D eigenvalue weighted by molar-refractivity contribution is -0.141. The Morgan fingerprint density at radius 1 is 1.11 bits per heavy atom. The molecule has 0 radical (unpaired) electrons. The summed E-state index contributed by atoms with van der Waals surface area (Å²) in [4.78, 5) is 18.3. The Labute approximate surface area is 159 Å². The van der Waals surface area contributed by atoms with Crippen molar-refractivity contribution in [2.45, 2.75) is 19.0 Å². The molecule has 1 saturated heterocycles. The molecule has 1 saturated carbocycles. The van der Waals surface area contributed by atoms with Crippen LogP contribution in [0.25, 0.3) is 0 Å². The number of halogens is 4. The van der Waals surface area contributed by atoms with Crippen LogP contribution >= 0.6 is 0 Å². The summed E-state index contributed by atoms with van der Waals surface area (Å²) >= 11 is 0. The monoisotopic (exact) mass is 393 g/mol. The minimum atomic E-state index is -4.49. The van der Waals surface area contributed by atoms with Gasteiger partial charge in [0.05, 0.1) is 0 Å². The van der Waals surface area contributed by atoms with Gasteiger partial charge in [0, 0.05) is 24.7 Å². The number of pyridine rings is 1. The van der Waals surface area contributed by atoms with Gasteiger partial charge in [-0.3, -0.25) is 4.79 Å². The number of anilines is 2. The number of amides is 1. The summed E-state index contributed by atoms with van der Waals surface area (Å²) in [5, 5.41) is 2.76. The quantitative estimate of drug-likeness (QED) is 0.789. The summed E-state index contributed by atoms with van der Waals surface area (Å²) in [5.74, 6) is -0.274. The SMILES string of the molecule is O=C(Nc1cccc(F)c1)C1CCC2CN(c3cccc(C(F)(F)F)n3)C[C@@H]21. The molecule has 3 atom stereocenters. The van der Waals surface area contributed by atoms with Gasteiger partial charge in [-0.25, -0.2) is 9.37 Å². The minimum absolute atomic E-state index is 0.0462. The first kappa shape index (κ1) is 18.7. The molecule has 1 amide bonds. The van der Waals surface area contributed by atoms with E-state index in [1.165, 1.54) is 24.3 Å². The van der Waals surface area contributed by atoms with Crippen molar-refractivity contribution in [2.24, 2.45) is 17.8 Å². The zero-order valence-corrected chi connectivity index (χ0v) is 14.9. The molecule has 4 nitrogen and oxygen atoms in total. The normalized spacial score (nSPS) is 24.3. The number of carbonyl (C=O) groups excluding carboxylic acids is 1. The summed E-state index contributed by atoms with van der Waals surface area (Å²) in [7, 11) is 0. The fourth-order valence-corrected chi connectivity index (χ4v) is 4.34. The first-order valence-electron chi connectivity index (χ1n) is 9.17. The van der Waals surface area contributed by atoms with Crippen molar-refractivity contribution < 1.29 is 22.4 Å². The molecule has 1 aliphatic heterocycles. The van der Waals surface area contributed by atoms with E-state index in [1.807, 2.05) is 4.90 Å². The molecule has 0 spiro atoms. The van der Waals surface area contributed by atoms with Crippen LogP contribution in [0.5, 0.6) is 0 Å². The molecule has 1 aliphatic carbocycles. The van der Waals surface area contributed by atoms with E-state index >= 15 is 0 Å². The van der Waals surface area contributed by atoms with E-state index in [4.69, 9.17) is 0 Å². The molecule has 1 aromatic heterocycles. The van der Waals surface area contributed by atoms with Gasteiger partial charge in [-0.2, -0.15) is 13.2 Å². The summed E-state index contributed by atoms with van der Waals surface area (Å²) in [5.41, 5.74) is -0.509. The number of benzene rings is 1. The molecule has 2 heterocycles. The van der Waals surface area contributed by atoms with Gasteiger partial charge in [0.2, 0.25) is 5.91 Å². The largest absolute Gasteiger partial charge is 0.433 e. The van der Waals surface area contributed by atoms with E-state index in [1.54, 1.807) is 12.1 Å². The van der Waals surface area contributed by atoms with Crippen molar-refractivity contribution in [3.8, 4) is 0 Å². The number of carbonyl (C=O) groups is 1. The summed E-state index contributed by atoms with van der Waals surface area (Å²) in [6.07, 6.45) is -2.93. The Balaban J connectivity index is 1.46. The topological polar surface area (TPSA) is 45.2 Å². The van der Waals surface area contributed by atoms with Crippen molar-refractivity contribution in [3.05, 3.63) is 54.0 Å². The van der Waals surface area contributed by atoms with E-state index in [2.05, 4.69) is 10.3 Å². The van der Waals surface area contributed by atoms with Crippen LogP contribution in [0, 0.1) is 23.6 Å². The smallest absolute Gasteiger partial charge is 0.356 e. The second-order valence-corrected chi connectivity index (χ2v) is 7.39. The third-order valence-electron chi connectivity index (χ3n) is 5.63. The molecule has 0 bridgehead atoms. The lowest BCUT2D eigenvalue weighted by atomic mass is 9.91. The molecule has 1 aromatic carbocycles. The first-order chi connectivity index (χ1) is 13.3. The van der Waals surface area contributed by atoms with Gasteiger partial charge in [0.25, 0.3) is 0 Å². The average Bonchev–Trinajstić information content (AvgIpc) is 3.21. The van der Waals surface area contributed by atoms with Crippen molar-refractivity contribution in [1.82, 2.24) is 4.98 Å². The molecule has 8 heteroatoms. The third-order valence-corrected chi connectivity index (χ3v) is 5.63. The van der Waals surface area contributed by atoms with Crippen LogP contribution in [0.3, 0.4) is 0 Å². The number of nitrogens with zero attached hydrogens (tertiary/aromatic N) is 2. The maximum atomic E-state index is 13.3. The number of nitrogens with one attached hydrogen (secondary N) is 1.